The van der Waals surface area contributed by atoms with Crippen molar-refractivity contribution in [2.75, 3.05) is 28.3 Å². The van der Waals surface area contributed by atoms with Crippen LogP contribution >= 0.6 is 0 Å². The second kappa shape index (κ2) is 7.22. The van der Waals surface area contributed by atoms with Crippen molar-refractivity contribution in [1.29, 1.82) is 0 Å². The molecule has 0 aliphatic rings. The quantitative estimate of drug-likeness (QED) is 0.701. The normalized spacial score (nSPS) is 12.4. The van der Waals surface area contributed by atoms with E-state index in [1.807, 2.05) is 62.8 Å². The van der Waals surface area contributed by atoms with Crippen LogP contribution in [0, 0.1) is 0 Å². The van der Waals surface area contributed by atoms with E-state index in [9.17, 15) is 4.79 Å². The van der Waals surface area contributed by atoms with Gasteiger partial charge in [0, 0.05) is 23.2 Å². The molecule has 0 aliphatic carbocycles. The van der Waals surface area contributed by atoms with Crippen LogP contribution in [-0.4, -0.2) is 37.8 Å². The van der Waals surface area contributed by atoms with Crippen LogP contribution in [0.3, 0.4) is 0 Å². The van der Waals surface area contributed by atoms with Crippen molar-refractivity contribution in [3.05, 3.63) is 58.9 Å². The zero-order valence-electron chi connectivity index (χ0n) is 15.8. The Morgan fingerprint density at radius 1 is 0.962 bits per heavy atom. The number of benzene rings is 2. The van der Waals surface area contributed by atoms with Crippen LogP contribution in [0.2, 0.25) is 0 Å². The number of pyridine rings is 1. The number of hydrogen-bond acceptors (Lipinski definition) is 4. The molecule has 1 unspecified atom stereocenters. The third kappa shape index (κ3) is 3.18. The molecule has 136 valence electrons. The molecule has 0 bridgehead atoms. The van der Waals surface area contributed by atoms with Crippen LogP contribution in [0.5, 0.6) is 11.5 Å². The lowest BCUT2D eigenvalue weighted by Crippen LogP contribution is -2.25. The largest absolute Gasteiger partial charge is 0.497 e. The van der Waals surface area contributed by atoms with Crippen LogP contribution in [0.25, 0.3) is 22.0 Å². The lowest BCUT2D eigenvalue weighted by Gasteiger charge is -2.26. The Kier molecular flexibility index (Phi) is 5.00. The minimum Gasteiger partial charge on any atom is -0.497 e. The fourth-order valence-electron chi connectivity index (χ4n) is 2.99. The fourth-order valence-corrected chi connectivity index (χ4v) is 2.99. The second-order valence-electron chi connectivity index (χ2n) is 6.49. The van der Waals surface area contributed by atoms with Gasteiger partial charge in [-0.3, -0.25) is 9.69 Å². The zero-order valence-corrected chi connectivity index (χ0v) is 15.8. The van der Waals surface area contributed by atoms with Crippen molar-refractivity contribution in [2.24, 2.45) is 0 Å². The molecule has 0 N–H and O–H groups in total. The molecule has 0 radical (unpaired) electrons. The van der Waals surface area contributed by atoms with Crippen molar-refractivity contribution >= 4 is 10.9 Å². The third-order valence-electron chi connectivity index (χ3n) is 4.79. The number of methoxy groups -OCH3 is 2. The maximum atomic E-state index is 13.1. The summed E-state index contributed by atoms with van der Waals surface area (Å²) in [6, 6.07) is 13.1. The first-order chi connectivity index (χ1) is 12.5. The molecule has 5 heteroatoms. The van der Waals surface area contributed by atoms with Crippen molar-refractivity contribution in [1.82, 2.24) is 9.47 Å². The smallest absolute Gasteiger partial charge is 0.197 e. The number of fused-ring (bicyclic) bond motifs is 1. The summed E-state index contributed by atoms with van der Waals surface area (Å²) in [5.41, 5.74) is 2.40. The van der Waals surface area contributed by atoms with Gasteiger partial charge in [0.2, 0.25) is 0 Å². The van der Waals surface area contributed by atoms with E-state index in [-0.39, 0.29) is 11.6 Å². The number of ether oxygens (including phenoxy) is 2. The van der Waals surface area contributed by atoms with Crippen molar-refractivity contribution in [2.45, 2.75) is 13.1 Å². The summed E-state index contributed by atoms with van der Waals surface area (Å²) >= 11 is 0. The minimum atomic E-state index is 0.00928. The zero-order chi connectivity index (χ0) is 18.8. The second-order valence-corrected chi connectivity index (χ2v) is 6.49. The standard InChI is InChI=1S/C21H24N2O3/c1-14(22(2)3)23-13-19(15-6-8-16(25-4)9-7-15)21(24)18-11-10-17(26-5)12-20(18)23/h6-14H,1-5H3. The molecular weight excluding hydrogens is 328 g/mol. The van der Waals surface area contributed by atoms with E-state index in [0.717, 1.165) is 22.6 Å². The predicted molar refractivity (Wildman–Crippen MR) is 105 cm³/mol. The summed E-state index contributed by atoms with van der Waals surface area (Å²) in [6.45, 7) is 2.10. The maximum Gasteiger partial charge on any atom is 0.197 e. The number of hydrogen-bond donors (Lipinski definition) is 0. The molecule has 3 aromatic rings. The molecule has 1 aromatic heterocycles. The van der Waals surface area contributed by atoms with Crippen molar-refractivity contribution in [3.8, 4) is 22.6 Å². The van der Waals surface area contributed by atoms with E-state index in [1.54, 1.807) is 14.2 Å². The average molecular weight is 352 g/mol. The van der Waals surface area contributed by atoms with Gasteiger partial charge in [0.1, 0.15) is 11.5 Å². The van der Waals surface area contributed by atoms with Gasteiger partial charge in [-0.05, 0) is 50.8 Å². The van der Waals surface area contributed by atoms with Crippen LogP contribution in [0.15, 0.2) is 53.5 Å². The number of nitrogens with zero attached hydrogens (tertiary/aromatic N) is 2. The topological polar surface area (TPSA) is 43.7 Å². The minimum absolute atomic E-state index is 0.00928. The lowest BCUT2D eigenvalue weighted by molar-refractivity contribution is 0.243. The van der Waals surface area contributed by atoms with E-state index >= 15 is 0 Å². The first kappa shape index (κ1) is 18.0. The highest BCUT2D eigenvalue weighted by atomic mass is 16.5. The van der Waals surface area contributed by atoms with Gasteiger partial charge < -0.3 is 14.0 Å². The SMILES string of the molecule is COc1ccc(-c2cn(C(C)N(C)C)c3cc(OC)ccc3c2=O)cc1. The Bertz CT molecular complexity index is 975. The molecule has 1 atom stereocenters. The molecule has 0 spiro atoms. The highest BCUT2D eigenvalue weighted by Gasteiger charge is 2.16. The third-order valence-corrected chi connectivity index (χ3v) is 4.79. The van der Waals surface area contributed by atoms with Gasteiger partial charge in [-0.25, -0.2) is 0 Å². The summed E-state index contributed by atoms with van der Waals surface area (Å²) in [5, 5.41) is 0.674. The van der Waals surface area contributed by atoms with Crippen molar-refractivity contribution in [3.63, 3.8) is 0 Å². The summed E-state index contributed by atoms with van der Waals surface area (Å²) in [5.74, 6) is 1.50. The Morgan fingerprint density at radius 3 is 2.15 bits per heavy atom. The highest BCUT2D eigenvalue weighted by molar-refractivity contribution is 5.85. The van der Waals surface area contributed by atoms with Gasteiger partial charge in [-0.1, -0.05) is 12.1 Å². The lowest BCUT2D eigenvalue weighted by atomic mass is 10.0. The van der Waals surface area contributed by atoms with Gasteiger partial charge in [0.15, 0.2) is 5.43 Å². The monoisotopic (exact) mass is 352 g/mol. The van der Waals surface area contributed by atoms with E-state index in [4.69, 9.17) is 9.47 Å². The van der Waals surface area contributed by atoms with Crippen LogP contribution in [-0.2, 0) is 0 Å². The summed E-state index contributed by atoms with van der Waals surface area (Å²) in [4.78, 5) is 15.2. The first-order valence-electron chi connectivity index (χ1n) is 8.50. The Morgan fingerprint density at radius 2 is 1.58 bits per heavy atom. The fraction of sp³-hybridized carbons (Fsp3) is 0.286. The van der Waals surface area contributed by atoms with Gasteiger partial charge in [-0.15, -0.1) is 0 Å². The average Bonchev–Trinajstić information content (AvgIpc) is 2.67. The first-order valence-corrected chi connectivity index (χ1v) is 8.50. The Hall–Kier alpha value is -2.79. The van der Waals surface area contributed by atoms with E-state index in [2.05, 4.69) is 16.4 Å². The van der Waals surface area contributed by atoms with Crippen LogP contribution < -0.4 is 14.9 Å². The molecule has 0 amide bonds. The molecule has 2 aromatic carbocycles. The molecule has 0 saturated heterocycles. The highest BCUT2D eigenvalue weighted by Crippen LogP contribution is 2.27. The molecule has 3 rings (SSSR count). The summed E-state index contributed by atoms with van der Waals surface area (Å²) in [6.07, 6.45) is 2.00. The maximum absolute atomic E-state index is 13.1. The molecule has 0 saturated carbocycles. The van der Waals surface area contributed by atoms with E-state index in [0.29, 0.717) is 10.9 Å². The number of aromatic nitrogens is 1. The summed E-state index contributed by atoms with van der Waals surface area (Å²) in [7, 11) is 7.29. The van der Waals surface area contributed by atoms with Gasteiger partial charge in [0.05, 0.1) is 25.9 Å². The predicted octanol–water partition coefficient (Wildman–Crippen LogP) is 3.77. The molecule has 0 fully saturated rings. The Labute approximate surface area is 153 Å². The molecule has 5 nitrogen and oxygen atoms in total. The van der Waals surface area contributed by atoms with Gasteiger partial charge in [0.25, 0.3) is 0 Å². The van der Waals surface area contributed by atoms with Gasteiger partial charge in [-0.2, -0.15) is 0 Å². The van der Waals surface area contributed by atoms with Crippen molar-refractivity contribution < 1.29 is 9.47 Å². The van der Waals surface area contributed by atoms with Crippen LogP contribution in [0.1, 0.15) is 13.1 Å². The van der Waals surface area contributed by atoms with E-state index < -0.39 is 0 Å². The van der Waals surface area contributed by atoms with E-state index in [1.165, 1.54) is 0 Å². The van der Waals surface area contributed by atoms with Crippen LogP contribution in [0.4, 0.5) is 0 Å². The Balaban J connectivity index is 2.30. The molecular formula is C21H24N2O3. The molecule has 0 aliphatic heterocycles. The summed E-state index contributed by atoms with van der Waals surface area (Å²) < 4.78 is 12.7. The number of rotatable bonds is 5. The molecule has 26 heavy (non-hydrogen) atoms. The van der Waals surface area contributed by atoms with Gasteiger partial charge >= 0.3 is 0 Å². The molecule has 1 heterocycles.